The number of hydrogen-bond acceptors (Lipinski definition) is 3. The van der Waals surface area contributed by atoms with Gasteiger partial charge in [0.15, 0.2) is 0 Å². The largest absolute Gasteiger partial charge is 0.316 e. The molecule has 1 fully saturated rings. The van der Waals surface area contributed by atoms with E-state index in [-0.39, 0.29) is 0 Å². The lowest BCUT2D eigenvalue weighted by molar-refractivity contribution is 0.576. The van der Waals surface area contributed by atoms with Gasteiger partial charge in [0.2, 0.25) is 10.0 Å². The van der Waals surface area contributed by atoms with Crippen molar-refractivity contribution < 1.29 is 8.42 Å². The minimum atomic E-state index is -3.42. The summed E-state index contributed by atoms with van der Waals surface area (Å²) in [6.07, 6.45) is 2.26. The quantitative estimate of drug-likeness (QED) is 0.829. The third-order valence-electron chi connectivity index (χ3n) is 3.29. The van der Waals surface area contributed by atoms with E-state index >= 15 is 0 Å². The van der Waals surface area contributed by atoms with Crippen LogP contribution in [0.25, 0.3) is 0 Å². The molecule has 106 valence electrons. The van der Waals surface area contributed by atoms with Crippen LogP contribution in [0.5, 0.6) is 0 Å². The van der Waals surface area contributed by atoms with Gasteiger partial charge in [-0.2, -0.15) is 0 Å². The second-order valence-corrected chi connectivity index (χ2v) is 7.62. The summed E-state index contributed by atoms with van der Waals surface area (Å²) >= 11 is 3.43. The lowest BCUT2D eigenvalue weighted by atomic mass is 10.1. The van der Waals surface area contributed by atoms with Crippen LogP contribution in [-0.4, -0.2) is 22.0 Å². The SMILES string of the molecule is CNCc1cc(Br)c(C)c(S(=O)(=O)NCC2CC2)c1. The van der Waals surface area contributed by atoms with Gasteiger partial charge in [0, 0.05) is 17.6 Å². The van der Waals surface area contributed by atoms with Crippen LogP contribution >= 0.6 is 15.9 Å². The molecule has 0 atom stereocenters. The molecule has 4 nitrogen and oxygen atoms in total. The van der Waals surface area contributed by atoms with Gasteiger partial charge in [0.1, 0.15) is 0 Å². The molecule has 0 radical (unpaired) electrons. The highest BCUT2D eigenvalue weighted by molar-refractivity contribution is 9.10. The summed E-state index contributed by atoms with van der Waals surface area (Å²) in [6, 6.07) is 3.69. The van der Waals surface area contributed by atoms with E-state index in [2.05, 4.69) is 26.0 Å². The summed E-state index contributed by atoms with van der Waals surface area (Å²) in [5.41, 5.74) is 1.70. The highest BCUT2D eigenvalue weighted by Gasteiger charge is 2.25. The van der Waals surface area contributed by atoms with Gasteiger partial charge in [-0.1, -0.05) is 15.9 Å². The summed E-state index contributed by atoms with van der Waals surface area (Å²) in [5.74, 6) is 0.527. The number of halogens is 1. The topological polar surface area (TPSA) is 58.2 Å². The molecule has 0 saturated heterocycles. The first-order valence-corrected chi connectivity index (χ1v) is 8.65. The Morgan fingerprint density at radius 3 is 2.63 bits per heavy atom. The van der Waals surface area contributed by atoms with Crippen LogP contribution in [0, 0.1) is 12.8 Å². The molecule has 0 aromatic heterocycles. The van der Waals surface area contributed by atoms with Gasteiger partial charge in [-0.05, 0) is 56.0 Å². The molecule has 1 aliphatic rings. The highest BCUT2D eigenvalue weighted by atomic mass is 79.9. The first-order valence-electron chi connectivity index (χ1n) is 6.37. The van der Waals surface area contributed by atoms with Gasteiger partial charge in [0.05, 0.1) is 4.90 Å². The summed E-state index contributed by atoms with van der Waals surface area (Å²) in [5, 5.41) is 3.03. The van der Waals surface area contributed by atoms with E-state index < -0.39 is 10.0 Å². The smallest absolute Gasteiger partial charge is 0.240 e. The van der Waals surface area contributed by atoms with E-state index in [9.17, 15) is 8.42 Å². The van der Waals surface area contributed by atoms with Gasteiger partial charge in [-0.25, -0.2) is 13.1 Å². The molecule has 1 aromatic carbocycles. The van der Waals surface area contributed by atoms with Crippen LogP contribution in [0.15, 0.2) is 21.5 Å². The predicted molar refractivity (Wildman–Crippen MR) is 79.6 cm³/mol. The van der Waals surface area contributed by atoms with Crippen molar-refractivity contribution in [2.75, 3.05) is 13.6 Å². The van der Waals surface area contributed by atoms with E-state index in [1.54, 1.807) is 6.07 Å². The zero-order valence-corrected chi connectivity index (χ0v) is 13.6. The van der Waals surface area contributed by atoms with Crippen molar-refractivity contribution in [2.45, 2.75) is 31.2 Å². The molecule has 6 heteroatoms. The molecule has 2 rings (SSSR count). The first kappa shape index (κ1) is 15.0. The molecule has 0 bridgehead atoms. The van der Waals surface area contributed by atoms with Gasteiger partial charge in [-0.15, -0.1) is 0 Å². The van der Waals surface area contributed by atoms with Crippen LogP contribution in [-0.2, 0) is 16.6 Å². The molecule has 0 unspecified atom stereocenters. The van der Waals surface area contributed by atoms with Crippen molar-refractivity contribution in [1.82, 2.24) is 10.0 Å². The predicted octanol–water partition coefficient (Wildman–Crippen LogP) is 2.17. The zero-order valence-electron chi connectivity index (χ0n) is 11.2. The lowest BCUT2D eigenvalue weighted by Gasteiger charge is -2.12. The maximum Gasteiger partial charge on any atom is 0.240 e. The second kappa shape index (κ2) is 5.91. The van der Waals surface area contributed by atoms with Crippen molar-refractivity contribution in [1.29, 1.82) is 0 Å². The fourth-order valence-corrected chi connectivity index (χ4v) is 3.99. The minimum Gasteiger partial charge on any atom is -0.316 e. The van der Waals surface area contributed by atoms with E-state index in [4.69, 9.17) is 0 Å². The maximum absolute atomic E-state index is 12.3. The lowest BCUT2D eigenvalue weighted by Crippen LogP contribution is -2.26. The third kappa shape index (κ3) is 3.78. The summed E-state index contributed by atoms with van der Waals surface area (Å²) < 4.78 is 28.2. The Labute approximate surface area is 123 Å². The number of hydrogen-bond donors (Lipinski definition) is 2. The first-order chi connectivity index (χ1) is 8.94. The number of benzene rings is 1. The Morgan fingerprint density at radius 2 is 2.05 bits per heavy atom. The molecular weight excluding hydrogens is 328 g/mol. The molecule has 1 aromatic rings. The Kier molecular flexibility index (Phi) is 4.66. The number of sulfonamides is 1. The molecule has 1 saturated carbocycles. The summed E-state index contributed by atoms with van der Waals surface area (Å²) in [6.45, 7) is 3.01. The molecule has 0 aliphatic heterocycles. The van der Waals surface area contributed by atoms with Crippen LogP contribution in [0.3, 0.4) is 0 Å². The molecule has 0 heterocycles. The van der Waals surface area contributed by atoms with Crippen LogP contribution in [0.4, 0.5) is 0 Å². The number of rotatable bonds is 6. The van der Waals surface area contributed by atoms with Gasteiger partial charge >= 0.3 is 0 Å². The monoisotopic (exact) mass is 346 g/mol. The summed E-state index contributed by atoms with van der Waals surface area (Å²) in [7, 11) is -1.58. The molecule has 19 heavy (non-hydrogen) atoms. The Morgan fingerprint density at radius 1 is 1.37 bits per heavy atom. The molecular formula is C13H19BrN2O2S. The standard InChI is InChI=1S/C13H19BrN2O2S/c1-9-12(14)5-11(7-15-2)6-13(9)19(17,18)16-8-10-3-4-10/h5-6,10,15-16H,3-4,7-8H2,1-2H3. The van der Waals surface area contributed by atoms with Crippen molar-refractivity contribution in [3.8, 4) is 0 Å². The summed E-state index contributed by atoms with van der Waals surface area (Å²) in [4.78, 5) is 0.368. The molecule has 0 amide bonds. The third-order valence-corrected chi connectivity index (χ3v) is 5.66. The van der Waals surface area contributed by atoms with Gasteiger partial charge in [-0.3, -0.25) is 0 Å². The average molecular weight is 347 g/mol. The van der Waals surface area contributed by atoms with E-state index in [0.29, 0.717) is 23.9 Å². The van der Waals surface area contributed by atoms with Crippen molar-refractivity contribution in [3.63, 3.8) is 0 Å². The van der Waals surface area contributed by atoms with Crippen LogP contribution in [0.2, 0.25) is 0 Å². The average Bonchev–Trinajstić information content (AvgIpc) is 3.15. The van der Waals surface area contributed by atoms with Crippen LogP contribution in [0.1, 0.15) is 24.0 Å². The van der Waals surface area contributed by atoms with Crippen LogP contribution < -0.4 is 10.0 Å². The van der Waals surface area contributed by atoms with Crippen molar-refractivity contribution in [3.05, 3.63) is 27.7 Å². The minimum absolute atomic E-state index is 0.368. The molecule has 2 N–H and O–H groups in total. The Bertz CT molecular complexity index is 568. The Hall–Kier alpha value is -0.430. The molecule has 0 spiro atoms. The second-order valence-electron chi connectivity index (χ2n) is 5.03. The number of nitrogens with one attached hydrogen (secondary N) is 2. The van der Waals surface area contributed by atoms with Gasteiger partial charge < -0.3 is 5.32 Å². The van der Waals surface area contributed by atoms with E-state index in [0.717, 1.165) is 28.4 Å². The van der Waals surface area contributed by atoms with E-state index in [1.165, 1.54) is 0 Å². The fourth-order valence-electron chi connectivity index (χ4n) is 1.92. The normalized spacial score (nSPS) is 15.7. The maximum atomic E-state index is 12.3. The molecule has 1 aliphatic carbocycles. The van der Waals surface area contributed by atoms with Crippen molar-refractivity contribution >= 4 is 26.0 Å². The highest BCUT2D eigenvalue weighted by Crippen LogP contribution is 2.29. The van der Waals surface area contributed by atoms with E-state index in [1.807, 2.05) is 20.0 Å². The van der Waals surface area contributed by atoms with Gasteiger partial charge in [0.25, 0.3) is 0 Å². The zero-order chi connectivity index (χ0) is 14.0. The fraction of sp³-hybridized carbons (Fsp3) is 0.538. The Balaban J connectivity index is 2.30. The van der Waals surface area contributed by atoms with Crippen molar-refractivity contribution in [2.24, 2.45) is 5.92 Å².